The van der Waals surface area contributed by atoms with Gasteiger partial charge in [0.2, 0.25) is 0 Å². The van der Waals surface area contributed by atoms with Gasteiger partial charge in [0.05, 0.1) is 6.07 Å². The minimum Gasteiger partial charge on any atom is -0.324 e. The highest BCUT2D eigenvalue weighted by Gasteiger charge is 2.10. The van der Waals surface area contributed by atoms with E-state index in [1.165, 1.54) is 0 Å². The highest BCUT2D eigenvalue weighted by atomic mass is 31.2. The van der Waals surface area contributed by atoms with Crippen LogP contribution in [0.15, 0.2) is 0 Å². The third kappa shape index (κ3) is 9.64. The van der Waals surface area contributed by atoms with Gasteiger partial charge in [0.25, 0.3) is 0 Å². The van der Waals surface area contributed by atoms with Crippen LogP contribution in [-0.2, 0) is 4.57 Å². The zero-order chi connectivity index (χ0) is 8.74. The highest BCUT2D eigenvalue weighted by molar-refractivity contribution is 7.51. The normalized spacial score (nSPS) is 11.0. The van der Waals surface area contributed by atoms with Gasteiger partial charge in [-0.25, -0.2) is 0 Å². The largest absolute Gasteiger partial charge is 0.325 e. The van der Waals surface area contributed by atoms with Crippen LogP contribution in [-0.4, -0.2) is 15.9 Å². The molecule has 0 unspecified atom stereocenters. The number of hydrogen-bond donors (Lipinski definition) is 2. The molecule has 0 fully saturated rings. The van der Waals surface area contributed by atoms with Crippen LogP contribution < -0.4 is 0 Å². The molecule has 5 heteroatoms. The Morgan fingerprint density at radius 2 is 1.91 bits per heavy atom. The summed E-state index contributed by atoms with van der Waals surface area (Å²) in [7, 11) is -3.80. The second kappa shape index (κ2) is 5.31. The Hall–Kier alpha value is -0.360. The highest BCUT2D eigenvalue weighted by Crippen LogP contribution is 2.35. The molecule has 0 aromatic rings. The van der Waals surface area contributed by atoms with E-state index in [0.29, 0.717) is 12.8 Å². The molecule has 0 aliphatic heterocycles. The van der Waals surface area contributed by atoms with Crippen LogP contribution in [0.5, 0.6) is 0 Å². The Balaban J connectivity index is 3.17. The number of rotatable bonds is 5. The van der Waals surface area contributed by atoms with E-state index in [2.05, 4.69) is 0 Å². The summed E-state index contributed by atoms with van der Waals surface area (Å²) < 4.78 is 10.3. The van der Waals surface area contributed by atoms with Crippen molar-refractivity contribution in [1.82, 2.24) is 0 Å². The maximum atomic E-state index is 10.3. The van der Waals surface area contributed by atoms with Crippen molar-refractivity contribution in [3.8, 4) is 6.07 Å². The molecule has 0 aliphatic rings. The van der Waals surface area contributed by atoms with Crippen molar-refractivity contribution in [2.45, 2.75) is 25.7 Å². The van der Waals surface area contributed by atoms with Gasteiger partial charge < -0.3 is 9.79 Å². The lowest BCUT2D eigenvalue weighted by Gasteiger charge is -2.01. The molecular weight excluding hydrogens is 165 g/mol. The fourth-order valence-corrected chi connectivity index (χ4v) is 1.33. The summed E-state index contributed by atoms with van der Waals surface area (Å²) in [6.07, 6.45) is 2.38. The first-order chi connectivity index (χ1) is 5.06. The summed E-state index contributed by atoms with van der Waals surface area (Å²) >= 11 is 0. The number of hydrogen-bond acceptors (Lipinski definition) is 2. The zero-order valence-electron chi connectivity index (χ0n) is 6.23. The molecule has 0 rings (SSSR count). The molecular formula is C6H12NO3P. The van der Waals surface area contributed by atoms with Crippen LogP contribution in [0, 0.1) is 11.3 Å². The molecule has 0 aromatic carbocycles. The molecule has 0 radical (unpaired) electrons. The van der Waals surface area contributed by atoms with Gasteiger partial charge in [0.15, 0.2) is 0 Å². The van der Waals surface area contributed by atoms with Gasteiger partial charge in [-0.2, -0.15) is 5.26 Å². The fourth-order valence-electron chi connectivity index (χ4n) is 0.699. The lowest BCUT2D eigenvalue weighted by atomic mass is 10.2. The number of nitrogens with zero attached hydrogens (tertiary/aromatic N) is 1. The monoisotopic (exact) mass is 177 g/mol. The van der Waals surface area contributed by atoms with Gasteiger partial charge in [0.1, 0.15) is 0 Å². The molecule has 4 nitrogen and oxygen atoms in total. The molecule has 64 valence electrons. The van der Waals surface area contributed by atoms with Crippen LogP contribution in [0.4, 0.5) is 0 Å². The van der Waals surface area contributed by atoms with E-state index in [0.717, 1.165) is 12.8 Å². The fraction of sp³-hybridized carbons (Fsp3) is 0.833. The quantitative estimate of drug-likeness (QED) is 0.489. The van der Waals surface area contributed by atoms with Gasteiger partial charge in [-0.1, -0.05) is 6.42 Å². The van der Waals surface area contributed by atoms with Gasteiger partial charge in [-0.15, -0.1) is 0 Å². The summed E-state index contributed by atoms with van der Waals surface area (Å²) in [6.45, 7) is 0. The minimum absolute atomic E-state index is 0.0571. The first kappa shape index (κ1) is 10.6. The number of nitriles is 1. The van der Waals surface area contributed by atoms with Crippen molar-refractivity contribution in [3.05, 3.63) is 0 Å². The van der Waals surface area contributed by atoms with E-state index >= 15 is 0 Å². The SMILES string of the molecule is N#CCCCCCP(=O)(O)O. The third-order valence-corrected chi connectivity index (χ3v) is 2.14. The molecule has 0 atom stereocenters. The Morgan fingerprint density at radius 1 is 1.27 bits per heavy atom. The maximum absolute atomic E-state index is 10.3. The Morgan fingerprint density at radius 3 is 2.36 bits per heavy atom. The summed E-state index contributed by atoms with van der Waals surface area (Å²) in [5.41, 5.74) is 0. The van der Waals surface area contributed by atoms with E-state index in [1.807, 2.05) is 6.07 Å². The zero-order valence-corrected chi connectivity index (χ0v) is 7.13. The molecule has 2 N–H and O–H groups in total. The summed E-state index contributed by atoms with van der Waals surface area (Å²) in [5.74, 6) is 0. The molecule has 0 aromatic heterocycles. The van der Waals surface area contributed by atoms with Crippen molar-refractivity contribution < 1.29 is 14.4 Å². The third-order valence-electron chi connectivity index (χ3n) is 1.24. The van der Waals surface area contributed by atoms with Crippen molar-refractivity contribution in [2.75, 3.05) is 6.16 Å². The van der Waals surface area contributed by atoms with Crippen molar-refractivity contribution in [3.63, 3.8) is 0 Å². The Bertz CT molecular complexity index is 181. The average Bonchev–Trinajstić information content (AvgIpc) is 1.85. The standard InChI is InChI=1S/C6H12NO3P/c7-5-3-1-2-4-6-11(8,9)10/h1-4,6H2,(H2,8,9,10). The molecule has 0 bridgehead atoms. The Labute approximate surface area is 66.0 Å². The van der Waals surface area contributed by atoms with Crippen LogP contribution in [0.3, 0.4) is 0 Å². The van der Waals surface area contributed by atoms with Crippen LogP contribution in [0.2, 0.25) is 0 Å². The maximum Gasteiger partial charge on any atom is 0.325 e. The van der Waals surface area contributed by atoms with Gasteiger partial charge >= 0.3 is 7.60 Å². The second-order valence-electron chi connectivity index (χ2n) is 2.36. The molecule has 0 aliphatic carbocycles. The summed E-state index contributed by atoms with van der Waals surface area (Å²) in [5, 5.41) is 8.12. The van der Waals surface area contributed by atoms with Gasteiger partial charge in [-0.05, 0) is 12.8 Å². The van der Waals surface area contributed by atoms with E-state index in [1.54, 1.807) is 0 Å². The van der Waals surface area contributed by atoms with E-state index in [4.69, 9.17) is 15.0 Å². The van der Waals surface area contributed by atoms with E-state index in [-0.39, 0.29) is 6.16 Å². The summed E-state index contributed by atoms with van der Waals surface area (Å²) in [6, 6.07) is 1.97. The topological polar surface area (TPSA) is 81.3 Å². The second-order valence-corrected chi connectivity index (χ2v) is 4.13. The van der Waals surface area contributed by atoms with Crippen LogP contribution in [0.1, 0.15) is 25.7 Å². The lowest BCUT2D eigenvalue weighted by Crippen LogP contribution is -1.87. The van der Waals surface area contributed by atoms with Crippen molar-refractivity contribution >= 4 is 7.60 Å². The average molecular weight is 177 g/mol. The van der Waals surface area contributed by atoms with Crippen molar-refractivity contribution in [2.24, 2.45) is 0 Å². The molecule has 0 saturated heterocycles. The minimum atomic E-state index is -3.80. The number of unbranched alkanes of at least 4 members (excludes halogenated alkanes) is 3. The molecule has 0 heterocycles. The Kier molecular flexibility index (Phi) is 5.14. The predicted molar refractivity (Wildman–Crippen MR) is 41.0 cm³/mol. The predicted octanol–water partition coefficient (Wildman–Crippen LogP) is 1.25. The molecule has 0 spiro atoms. The summed E-state index contributed by atoms with van der Waals surface area (Å²) in [4.78, 5) is 16.8. The van der Waals surface area contributed by atoms with Crippen molar-refractivity contribution in [1.29, 1.82) is 5.26 Å². The molecule has 0 saturated carbocycles. The lowest BCUT2D eigenvalue weighted by molar-refractivity contribution is 0.371. The van der Waals surface area contributed by atoms with Gasteiger partial charge in [0, 0.05) is 12.6 Å². The molecule has 11 heavy (non-hydrogen) atoms. The van der Waals surface area contributed by atoms with Gasteiger partial charge in [-0.3, -0.25) is 4.57 Å². The van der Waals surface area contributed by atoms with Crippen LogP contribution >= 0.6 is 7.60 Å². The first-order valence-corrected chi connectivity index (χ1v) is 5.27. The van der Waals surface area contributed by atoms with E-state index < -0.39 is 7.60 Å². The van der Waals surface area contributed by atoms with Crippen LogP contribution in [0.25, 0.3) is 0 Å². The smallest absolute Gasteiger partial charge is 0.324 e. The van der Waals surface area contributed by atoms with E-state index in [9.17, 15) is 4.57 Å². The first-order valence-electron chi connectivity index (χ1n) is 3.48. The molecule has 0 amide bonds.